The van der Waals surface area contributed by atoms with Crippen LogP contribution in [0.2, 0.25) is 5.28 Å². The van der Waals surface area contributed by atoms with E-state index >= 15 is 0 Å². The van der Waals surface area contributed by atoms with Gasteiger partial charge < -0.3 is 9.30 Å². The topological polar surface area (TPSA) is 39.9 Å². The third-order valence-electron chi connectivity index (χ3n) is 3.16. The SMILES string of the molecule is CC(C)(C)c1nnc(Cl)n1CC1CCOCC1. The lowest BCUT2D eigenvalue weighted by molar-refractivity contribution is 0.0607. The first-order valence-electron chi connectivity index (χ1n) is 6.15. The van der Waals surface area contributed by atoms with E-state index in [9.17, 15) is 0 Å². The Morgan fingerprint density at radius 1 is 1.29 bits per heavy atom. The molecule has 0 saturated carbocycles. The van der Waals surface area contributed by atoms with Crippen molar-refractivity contribution < 1.29 is 4.74 Å². The Labute approximate surface area is 107 Å². The molecule has 5 heteroatoms. The van der Waals surface area contributed by atoms with Crippen LogP contribution in [0, 0.1) is 5.92 Å². The number of halogens is 1. The van der Waals surface area contributed by atoms with Crippen LogP contribution in [0.1, 0.15) is 39.4 Å². The summed E-state index contributed by atoms with van der Waals surface area (Å²) in [7, 11) is 0. The first-order chi connectivity index (χ1) is 7.98. The number of ether oxygens (including phenoxy) is 1. The summed E-state index contributed by atoms with van der Waals surface area (Å²) < 4.78 is 7.43. The summed E-state index contributed by atoms with van der Waals surface area (Å²) in [5.74, 6) is 1.59. The van der Waals surface area contributed by atoms with Crippen molar-refractivity contribution in [2.24, 2.45) is 5.92 Å². The normalized spacial score (nSPS) is 18.6. The summed E-state index contributed by atoms with van der Waals surface area (Å²) in [5.41, 5.74) is -0.0225. The Balaban J connectivity index is 2.16. The van der Waals surface area contributed by atoms with E-state index in [1.165, 1.54) is 0 Å². The zero-order valence-corrected chi connectivity index (χ0v) is 11.5. The summed E-state index contributed by atoms with van der Waals surface area (Å²) in [4.78, 5) is 0. The lowest BCUT2D eigenvalue weighted by Crippen LogP contribution is -2.25. The molecule has 2 heterocycles. The minimum Gasteiger partial charge on any atom is -0.381 e. The zero-order chi connectivity index (χ0) is 12.5. The monoisotopic (exact) mass is 257 g/mol. The second-order valence-corrected chi connectivity index (χ2v) is 6.05. The Kier molecular flexibility index (Phi) is 3.73. The van der Waals surface area contributed by atoms with Gasteiger partial charge in [-0.15, -0.1) is 10.2 Å². The Morgan fingerprint density at radius 2 is 1.94 bits per heavy atom. The van der Waals surface area contributed by atoms with Crippen molar-refractivity contribution >= 4 is 11.6 Å². The molecule has 1 saturated heterocycles. The van der Waals surface area contributed by atoms with Crippen LogP contribution in [0.4, 0.5) is 0 Å². The molecule has 0 bridgehead atoms. The fourth-order valence-corrected chi connectivity index (χ4v) is 2.37. The fourth-order valence-electron chi connectivity index (χ4n) is 2.19. The minimum absolute atomic E-state index is 0.0225. The van der Waals surface area contributed by atoms with Crippen molar-refractivity contribution in [3.8, 4) is 0 Å². The van der Waals surface area contributed by atoms with Crippen molar-refractivity contribution in [2.45, 2.75) is 45.6 Å². The Bertz CT molecular complexity index is 378. The van der Waals surface area contributed by atoms with E-state index in [2.05, 4.69) is 35.5 Å². The van der Waals surface area contributed by atoms with Crippen molar-refractivity contribution in [3.05, 3.63) is 11.1 Å². The van der Waals surface area contributed by atoms with Gasteiger partial charge in [0.2, 0.25) is 5.28 Å². The van der Waals surface area contributed by atoms with Crippen molar-refractivity contribution in [1.29, 1.82) is 0 Å². The molecule has 0 amide bonds. The van der Waals surface area contributed by atoms with Crippen LogP contribution in [0.25, 0.3) is 0 Å². The van der Waals surface area contributed by atoms with Gasteiger partial charge in [-0.3, -0.25) is 0 Å². The summed E-state index contributed by atoms with van der Waals surface area (Å²) in [6.45, 7) is 9.02. The predicted octanol–water partition coefficient (Wildman–Crippen LogP) is 2.66. The number of rotatable bonds is 2. The first kappa shape index (κ1) is 12.8. The molecule has 0 radical (unpaired) electrons. The number of nitrogens with zero attached hydrogens (tertiary/aromatic N) is 3. The van der Waals surface area contributed by atoms with Crippen molar-refractivity contribution in [1.82, 2.24) is 14.8 Å². The molecule has 2 rings (SSSR count). The van der Waals surface area contributed by atoms with Crippen LogP contribution in [0.3, 0.4) is 0 Å². The molecule has 96 valence electrons. The smallest absolute Gasteiger partial charge is 0.225 e. The molecule has 0 spiro atoms. The first-order valence-corrected chi connectivity index (χ1v) is 6.53. The maximum atomic E-state index is 6.13. The van der Waals surface area contributed by atoms with Gasteiger partial charge in [0.05, 0.1) is 0 Å². The zero-order valence-electron chi connectivity index (χ0n) is 10.7. The van der Waals surface area contributed by atoms with Crippen LogP contribution < -0.4 is 0 Å². The summed E-state index contributed by atoms with van der Waals surface area (Å²) in [5, 5.41) is 8.70. The highest BCUT2D eigenvalue weighted by Crippen LogP contribution is 2.26. The molecule has 1 aromatic heterocycles. The maximum absolute atomic E-state index is 6.13. The highest BCUT2D eigenvalue weighted by molar-refractivity contribution is 6.28. The molecular formula is C12H20ClN3O. The molecule has 0 aliphatic carbocycles. The third kappa shape index (κ3) is 2.99. The number of aromatic nitrogens is 3. The van der Waals surface area contributed by atoms with Gasteiger partial charge in [0, 0.05) is 25.2 Å². The molecular weight excluding hydrogens is 238 g/mol. The fraction of sp³-hybridized carbons (Fsp3) is 0.833. The molecule has 0 atom stereocenters. The van der Waals surface area contributed by atoms with Gasteiger partial charge in [0.1, 0.15) is 5.82 Å². The quantitative estimate of drug-likeness (QED) is 0.818. The van der Waals surface area contributed by atoms with Crippen LogP contribution >= 0.6 is 11.6 Å². The van der Waals surface area contributed by atoms with Gasteiger partial charge in [-0.05, 0) is 30.4 Å². The van der Waals surface area contributed by atoms with E-state index in [0.29, 0.717) is 11.2 Å². The van der Waals surface area contributed by atoms with Gasteiger partial charge >= 0.3 is 0 Å². The lowest BCUT2D eigenvalue weighted by Gasteiger charge is -2.25. The minimum atomic E-state index is -0.0225. The summed E-state index contributed by atoms with van der Waals surface area (Å²) >= 11 is 6.13. The lowest BCUT2D eigenvalue weighted by atomic mass is 9.94. The van der Waals surface area contributed by atoms with E-state index in [-0.39, 0.29) is 5.41 Å². The molecule has 0 unspecified atom stereocenters. The molecule has 1 aliphatic heterocycles. The molecule has 17 heavy (non-hydrogen) atoms. The van der Waals surface area contributed by atoms with Crippen LogP contribution in [-0.4, -0.2) is 28.0 Å². The van der Waals surface area contributed by atoms with Crippen LogP contribution in [-0.2, 0) is 16.7 Å². The predicted molar refractivity (Wildman–Crippen MR) is 67.3 cm³/mol. The maximum Gasteiger partial charge on any atom is 0.225 e. The van der Waals surface area contributed by atoms with Gasteiger partial charge in [0.15, 0.2) is 0 Å². The number of hydrogen-bond acceptors (Lipinski definition) is 3. The summed E-state index contributed by atoms with van der Waals surface area (Å²) in [6, 6.07) is 0. The van der Waals surface area contributed by atoms with E-state index in [4.69, 9.17) is 16.3 Å². The van der Waals surface area contributed by atoms with Gasteiger partial charge in [0.25, 0.3) is 0 Å². The van der Waals surface area contributed by atoms with Gasteiger partial charge in [-0.25, -0.2) is 0 Å². The standard InChI is InChI=1S/C12H20ClN3O/c1-12(2,3)10-14-15-11(13)16(10)8-9-4-6-17-7-5-9/h9H,4-8H2,1-3H3. The van der Waals surface area contributed by atoms with E-state index < -0.39 is 0 Å². The van der Waals surface area contributed by atoms with Crippen molar-refractivity contribution in [2.75, 3.05) is 13.2 Å². The largest absolute Gasteiger partial charge is 0.381 e. The molecule has 0 aromatic carbocycles. The van der Waals surface area contributed by atoms with Crippen molar-refractivity contribution in [3.63, 3.8) is 0 Å². The molecule has 1 aromatic rings. The Hall–Kier alpha value is -0.610. The van der Waals surface area contributed by atoms with E-state index in [1.54, 1.807) is 0 Å². The average molecular weight is 258 g/mol. The van der Waals surface area contributed by atoms with E-state index in [0.717, 1.165) is 38.4 Å². The average Bonchev–Trinajstić information content (AvgIpc) is 2.62. The third-order valence-corrected chi connectivity index (χ3v) is 3.44. The molecule has 0 N–H and O–H groups in total. The second kappa shape index (κ2) is 4.94. The van der Waals surface area contributed by atoms with Crippen LogP contribution in [0.15, 0.2) is 0 Å². The summed E-state index contributed by atoms with van der Waals surface area (Å²) in [6.07, 6.45) is 2.19. The molecule has 1 aliphatic rings. The molecule has 1 fully saturated rings. The Morgan fingerprint density at radius 3 is 2.53 bits per heavy atom. The van der Waals surface area contributed by atoms with E-state index in [1.807, 2.05) is 0 Å². The van der Waals surface area contributed by atoms with Gasteiger partial charge in [-0.2, -0.15) is 0 Å². The highest BCUT2D eigenvalue weighted by atomic mass is 35.5. The second-order valence-electron chi connectivity index (χ2n) is 5.71. The number of hydrogen-bond donors (Lipinski definition) is 0. The van der Waals surface area contributed by atoms with Gasteiger partial charge in [-0.1, -0.05) is 20.8 Å². The van der Waals surface area contributed by atoms with Crippen LogP contribution in [0.5, 0.6) is 0 Å². The highest BCUT2D eigenvalue weighted by Gasteiger charge is 2.25. The molecule has 4 nitrogen and oxygen atoms in total.